The average Bonchev–Trinajstić information content (AvgIpc) is 3.33. The van der Waals surface area contributed by atoms with E-state index in [-0.39, 0.29) is 5.91 Å². The lowest BCUT2D eigenvalue weighted by Gasteiger charge is -2.34. The molecule has 0 fully saturated rings. The van der Waals surface area contributed by atoms with E-state index < -0.39 is 6.10 Å². The molecule has 0 saturated carbocycles. The lowest BCUT2D eigenvalue weighted by molar-refractivity contribution is -0.126. The van der Waals surface area contributed by atoms with Crippen LogP contribution in [0.2, 0.25) is 10.0 Å². The fourth-order valence-electron chi connectivity index (χ4n) is 3.84. The maximum absolute atomic E-state index is 13.3. The van der Waals surface area contributed by atoms with Crippen LogP contribution in [0.3, 0.4) is 0 Å². The molecule has 1 amide bonds. The quantitative estimate of drug-likeness (QED) is 0.288. The molecular formula is C26H20Cl2N2O2S. The largest absolute Gasteiger partial charge is 0.478 e. The second kappa shape index (κ2) is 9.18. The molecule has 1 unspecified atom stereocenters. The monoisotopic (exact) mass is 494 g/mol. The van der Waals surface area contributed by atoms with Gasteiger partial charge in [0, 0.05) is 26.6 Å². The molecule has 0 N–H and O–H groups in total. The highest BCUT2D eigenvalue weighted by Crippen LogP contribution is 2.40. The van der Waals surface area contributed by atoms with Gasteiger partial charge < -0.3 is 9.64 Å². The Bertz CT molecular complexity index is 1320. The molecule has 0 bridgehead atoms. The van der Waals surface area contributed by atoms with Gasteiger partial charge in [0.05, 0.1) is 17.9 Å². The van der Waals surface area contributed by atoms with Crippen molar-refractivity contribution in [2.45, 2.75) is 26.0 Å². The number of halogens is 2. The van der Waals surface area contributed by atoms with Gasteiger partial charge >= 0.3 is 0 Å². The Kier molecular flexibility index (Phi) is 6.11. The molecule has 0 aliphatic carbocycles. The highest BCUT2D eigenvalue weighted by molar-refractivity contribution is 7.13. The standard InChI is InChI=1S/C26H20Cl2N2O2S/c1-2-23-26(31)30(14-18-8-10-19(27)13-20(18)28)22-12-17(9-11-24(22)32-23)21-15-33-25(29-21)16-6-4-3-5-7-16/h3-13,15,23H,2,14H2,1H3. The van der Waals surface area contributed by atoms with Crippen LogP contribution in [-0.4, -0.2) is 17.0 Å². The summed E-state index contributed by atoms with van der Waals surface area (Å²) in [7, 11) is 0. The van der Waals surface area contributed by atoms with E-state index in [9.17, 15) is 4.79 Å². The first-order valence-corrected chi connectivity index (χ1v) is 12.2. The van der Waals surface area contributed by atoms with Crippen LogP contribution >= 0.6 is 34.5 Å². The minimum absolute atomic E-state index is 0.0866. The first kappa shape index (κ1) is 22.0. The fourth-order valence-corrected chi connectivity index (χ4v) is 5.15. The van der Waals surface area contributed by atoms with Crippen LogP contribution in [0.1, 0.15) is 18.9 Å². The normalized spacial score (nSPS) is 15.3. The van der Waals surface area contributed by atoms with Crippen molar-refractivity contribution in [3.8, 4) is 27.6 Å². The molecule has 3 aromatic carbocycles. The van der Waals surface area contributed by atoms with Crippen molar-refractivity contribution in [3.05, 3.63) is 87.7 Å². The third kappa shape index (κ3) is 4.36. The van der Waals surface area contributed by atoms with E-state index in [1.54, 1.807) is 28.4 Å². The summed E-state index contributed by atoms with van der Waals surface area (Å²) in [6.07, 6.45) is 0.0515. The van der Waals surface area contributed by atoms with E-state index >= 15 is 0 Å². The van der Waals surface area contributed by atoms with Crippen LogP contribution in [0.4, 0.5) is 5.69 Å². The molecular weight excluding hydrogens is 475 g/mol. The predicted octanol–water partition coefficient (Wildman–Crippen LogP) is 7.49. The zero-order valence-corrected chi connectivity index (χ0v) is 20.1. The number of benzene rings is 3. The number of carbonyl (C=O) groups is 1. The molecule has 4 aromatic rings. The Morgan fingerprint density at radius 2 is 1.85 bits per heavy atom. The molecule has 2 heterocycles. The molecule has 1 atom stereocenters. The number of amides is 1. The van der Waals surface area contributed by atoms with Gasteiger partial charge in [-0.1, -0.05) is 66.5 Å². The van der Waals surface area contributed by atoms with Crippen LogP contribution < -0.4 is 9.64 Å². The molecule has 0 radical (unpaired) electrons. The Morgan fingerprint density at radius 3 is 2.61 bits per heavy atom. The summed E-state index contributed by atoms with van der Waals surface area (Å²) in [6.45, 7) is 2.27. The lowest BCUT2D eigenvalue weighted by Crippen LogP contribution is -2.45. The number of thiazole rings is 1. The number of fused-ring (bicyclic) bond motifs is 1. The van der Waals surface area contributed by atoms with Crippen molar-refractivity contribution in [1.29, 1.82) is 0 Å². The number of nitrogens with zero attached hydrogens (tertiary/aromatic N) is 2. The van der Waals surface area contributed by atoms with Crippen molar-refractivity contribution in [1.82, 2.24) is 4.98 Å². The van der Waals surface area contributed by atoms with Crippen LogP contribution in [0.5, 0.6) is 5.75 Å². The summed E-state index contributed by atoms with van der Waals surface area (Å²) >= 11 is 14.1. The Balaban J connectivity index is 1.53. The molecule has 7 heteroatoms. The summed E-state index contributed by atoms with van der Waals surface area (Å²) in [5.74, 6) is 0.588. The summed E-state index contributed by atoms with van der Waals surface area (Å²) in [6, 6.07) is 21.3. The molecule has 1 aromatic heterocycles. The minimum Gasteiger partial charge on any atom is -0.478 e. The van der Waals surface area contributed by atoms with Crippen molar-refractivity contribution >= 4 is 46.1 Å². The molecule has 166 valence electrons. The van der Waals surface area contributed by atoms with E-state index in [2.05, 4.69) is 0 Å². The van der Waals surface area contributed by atoms with Gasteiger partial charge in [-0.05, 0) is 42.3 Å². The van der Waals surface area contributed by atoms with Gasteiger partial charge in [0.2, 0.25) is 0 Å². The van der Waals surface area contributed by atoms with E-state index in [4.69, 9.17) is 32.9 Å². The van der Waals surface area contributed by atoms with Gasteiger partial charge in [-0.25, -0.2) is 4.98 Å². The number of ether oxygens (including phenoxy) is 1. The number of carbonyl (C=O) groups excluding carboxylic acids is 1. The summed E-state index contributed by atoms with van der Waals surface area (Å²) < 4.78 is 6.01. The lowest BCUT2D eigenvalue weighted by atomic mass is 10.1. The number of aromatic nitrogens is 1. The van der Waals surface area contributed by atoms with Crippen LogP contribution in [0.25, 0.3) is 21.8 Å². The van der Waals surface area contributed by atoms with E-state index in [0.717, 1.165) is 27.4 Å². The van der Waals surface area contributed by atoms with Gasteiger partial charge in [-0.2, -0.15) is 0 Å². The Labute approximate surface area is 206 Å². The first-order chi connectivity index (χ1) is 16.0. The van der Waals surface area contributed by atoms with Gasteiger partial charge in [0.1, 0.15) is 10.8 Å². The molecule has 33 heavy (non-hydrogen) atoms. The highest BCUT2D eigenvalue weighted by atomic mass is 35.5. The van der Waals surface area contributed by atoms with Crippen molar-refractivity contribution in [2.75, 3.05) is 4.90 Å². The van der Waals surface area contributed by atoms with Crippen LogP contribution in [-0.2, 0) is 11.3 Å². The molecule has 0 saturated heterocycles. The summed E-state index contributed by atoms with van der Waals surface area (Å²) in [5.41, 5.74) is 4.39. The van der Waals surface area contributed by atoms with Crippen molar-refractivity contribution in [2.24, 2.45) is 0 Å². The molecule has 1 aliphatic rings. The molecule has 4 nitrogen and oxygen atoms in total. The SMILES string of the molecule is CCC1Oc2ccc(-c3csc(-c4ccccc4)n3)cc2N(Cc2ccc(Cl)cc2Cl)C1=O. The van der Waals surface area contributed by atoms with Crippen LogP contribution in [0.15, 0.2) is 72.1 Å². The Morgan fingerprint density at radius 1 is 1.03 bits per heavy atom. The third-order valence-electron chi connectivity index (χ3n) is 5.60. The molecule has 0 spiro atoms. The number of hydrogen-bond donors (Lipinski definition) is 0. The van der Waals surface area contributed by atoms with Gasteiger partial charge in [0.25, 0.3) is 5.91 Å². The summed E-state index contributed by atoms with van der Waals surface area (Å²) in [4.78, 5) is 19.8. The predicted molar refractivity (Wildman–Crippen MR) is 135 cm³/mol. The number of hydrogen-bond acceptors (Lipinski definition) is 4. The van der Waals surface area contributed by atoms with Gasteiger partial charge in [-0.15, -0.1) is 11.3 Å². The molecule has 5 rings (SSSR count). The van der Waals surface area contributed by atoms with Crippen molar-refractivity contribution < 1.29 is 9.53 Å². The maximum atomic E-state index is 13.3. The second-order valence-electron chi connectivity index (χ2n) is 7.76. The third-order valence-corrected chi connectivity index (χ3v) is 7.07. The van der Waals surface area contributed by atoms with E-state index in [1.165, 1.54) is 0 Å². The van der Waals surface area contributed by atoms with Gasteiger partial charge in [0.15, 0.2) is 6.10 Å². The summed E-state index contributed by atoms with van der Waals surface area (Å²) in [5, 5.41) is 4.07. The maximum Gasteiger partial charge on any atom is 0.268 e. The average molecular weight is 495 g/mol. The van der Waals surface area contributed by atoms with Crippen molar-refractivity contribution in [3.63, 3.8) is 0 Å². The minimum atomic E-state index is -0.529. The van der Waals surface area contributed by atoms with E-state index in [1.807, 2.05) is 66.9 Å². The highest BCUT2D eigenvalue weighted by Gasteiger charge is 2.34. The zero-order valence-electron chi connectivity index (χ0n) is 17.8. The van der Waals surface area contributed by atoms with Crippen LogP contribution in [0, 0.1) is 0 Å². The molecule has 1 aliphatic heterocycles. The fraction of sp³-hybridized carbons (Fsp3) is 0.154. The number of anilines is 1. The smallest absolute Gasteiger partial charge is 0.268 e. The van der Waals surface area contributed by atoms with Gasteiger partial charge in [-0.3, -0.25) is 4.79 Å². The van der Waals surface area contributed by atoms with E-state index in [0.29, 0.717) is 34.4 Å². The first-order valence-electron chi connectivity index (χ1n) is 10.6. The zero-order chi connectivity index (χ0) is 22.9. The number of rotatable bonds is 5. The Hall–Kier alpha value is -2.86. The topological polar surface area (TPSA) is 42.4 Å². The second-order valence-corrected chi connectivity index (χ2v) is 9.46.